The molecule has 6 nitrogen and oxygen atoms in total. The molecule has 0 aliphatic heterocycles. The van der Waals surface area contributed by atoms with E-state index in [0.29, 0.717) is 11.1 Å². The van der Waals surface area contributed by atoms with Gasteiger partial charge in [0.25, 0.3) is 15.7 Å². The first-order chi connectivity index (χ1) is 12.6. The zero-order chi connectivity index (χ0) is 20.2. The summed E-state index contributed by atoms with van der Waals surface area (Å²) in [7, 11) is -4.21. The van der Waals surface area contributed by atoms with Crippen LogP contribution >= 0.6 is 0 Å². The van der Waals surface area contributed by atoms with Crippen LogP contribution in [0, 0.1) is 0 Å². The molecule has 0 heterocycles. The first-order valence-corrected chi connectivity index (χ1v) is 8.91. The van der Waals surface area contributed by atoms with Gasteiger partial charge in [0.1, 0.15) is 0 Å². The number of methoxy groups -OCH3 is 1. The van der Waals surface area contributed by atoms with Crippen molar-refractivity contribution in [3.05, 3.63) is 65.2 Å². The Hall–Kier alpha value is -2.88. The predicted octanol–water partition coefficient (Wildman–Crippen LogP) is 2.70. The van der Waals surface area contributed by atoms with Gasteiger partial charge >= 0.3 is 11.5 Å². The van der Waals surface area contributed by atoms with E-state index in [9.17, 15) is 31.2 Å². The molecular weight excluding hydrogens is 387 g/mol. The lowest BCUT2D eigenvalue weighted by Gasteiger charge is -2.09. The monoisotopic (exact) mass is 401 g/mol. The molecule has 144 valence electrons. The molecule has 0 radical (unpaired) electrons. The number of benzene rings is 2. The van der Waals surface area contributed by atoms with Crippen molar-refractivity contribution in [3.8, 4) is 0 Å². The van der Waals surface area contributed by atoms with Crippen molar-refractivity contribution in [3.63, 3.8) is 0 Å². The molecule has 1 amide bonds. The highest BCUT2D eigenvalue weighted by Crippen LogP contribution is 2.30. The first kappa shape index (κ1) is 20.4. The van der Waals surface area contributed by atoms with Crippen LogP contribution in [-0.2, 0) is 21.1 Å². The normalized spacial score (nSPS) is 11.7. The number of amides is 1. The molecule has 2 rings (SSSR count). The molecule has 27 heavy (non-hydrogen) atoms. The second-order valence-corrected chi connectivity index (χ2v) is 7.29. The highest BCUT2D eigenvalue weighted by atomic mass is 32.2. The Morgan fingerprint density at radius 1 is 0.963 bits per heavy atom. The minimum atomic E-state index is -5.46. The number of sulfone groups is 1. The van der Waals surface area contributed by atoms with E-state index >= 15 is 0 Å². The Morgan fingerprint density at radius 3 is 1.96 bits per heavy atom. The number of esters is 1. The fraction of sp³-hybridized carbons (Fsp3) is 0.176. The van der Waals surface area contributed by atoms with Crippen LogP contribution in [0.15, 0.2) is 53.4 Å². The highest BCUT2D eigenvalue weighted by molar-refractivity contribution is 7.92. The molecule has 2 aromatic carbocycles. The fourth-order valence-corrected chi connectivity index (χ4v) is 2.84. The minimum Gasteiger partial charge on any atom is -0.465 e. The third kappa shape index (κ3) is 4.64. The molecule has 0 saturated carbocycles. The summed E-state index contributed by atoms with van der Waals surface area (Å²) in [5.41, 5.74) is -4.39. The van der Waals surface area contributed by atoms with E-state index in [-0.39, 0.29) is 12.1 Å². The molecule has 10 heteroatoms. The van der Waals surface area contributed by atoms with E-state index in [1.165, 1.54) is 19.2 Å². The lowest BCUT2D eigenvalue weighted by atomic mass is 10.1. The van der Waals surface area contributed by atoms with Crippen molar-refractivity contribution in [2.75, 3.05) is 7.11 Å². The molecule has 2 aromatic rings. The summed E-state index contributed by atoms with van der Waals surface area (Å²) in [6, 6.07) is 9.68. The maximum absolute atomic E-state index is 12.5. The van der Waals surface area contributed by atoms with Crippen LogP contribution in [0.25, 0.3) is 0 Å². The number of ether oxygens (including phenoxy) is 1. The number of halogens is 3. The van der Waals surface area contributed by atoms with Crippen molar-refractivity contribution >= 4 is 21.7 Å². The van der Waals surface area contributed by atoms with Crippen molar-refractivity contribution in [1.82, 2.24) is 5.32 Å². The Bertz CT molecular complexity index is 936. The van der Waals surface area contributed by atoms with Crippen LogP contribution in [-0.4, -0.2) is 32.9 Å². The highest BCUT2D eigenvalue weighted by Gasteiger charge is 2.46. The summed E-state index contributed by atoms with van der Waals surface area (Å²) in [5.74, 6) is -1.09. The second kappa shape index (κ2) is 7.78. The van der Waals surface area contributed by atoms with Crippen LogP contribution in [0.1, 0.15) is 26.3 Å². The van der Waals surface area contributed by atoms with Gasteiger partial charge in [-0.3, -0.25) is 4.79 Å². The van der Waals surface area contributed by atoms with Gasteiger partial charge < -0.3 is 10.1 Å². The van der Waals surface area contributed by atoms with Crippen molar-refractivity contribution in [2.24, 2.45) is 0 Å². The summed E-state index contributed by atoms with van der Waals surface area (Å²) >= 11 is 0. The molecule has 0 spiro atoms. The molecular formula is C17H14F3NO5S. The van der Waals surface area contributed by atoms with E-state index in [1.54, 1.807) is 12.1 Å². The maximum Gasteiger partial charge on any atom is 0.501 e. The summed E-state index contributed by atoms with van der Waals surface area (Å²) < 4.78 is 64.6. The average Bonchev–Trinajstić information content (AvgIpc) is 2.65. The SMILES string of the molecule is COC(=O)c1ccc(CNC(=O)c2ccc(S(=O)(=O)C(F)(F)F)cc2)cc1. The van der Waals surface area contributed by atoms with Crippen LogP contribution in [0.5, 0.6) is 0 Å². The van der Waals surface area contributed by atoms with Crippen molar-refractivity contribution in [2.45, 2.75) is 16.9 Å². The number of carbonyl (C=O) groups excluding carboxylic acids is 2. The summed E-state index contributed by atoms with van der Waals surface area (Å²) in [5, 5.41) is 2.54. The zero-order valence-electron chi connectivity index (χ0n) is 13.9. The second-order valence-electron chi connectivity index (χ2n) is 5.34. The smallest absolute Gasteiger partial charge is 0.465 e. The largest absolute Gasteiger partial charge is 0.501 e. The van der Waals surface area contributed by atoms with E-state index < -0.39 is 32.1 Å². The van der Waals surface area contributed by atoms with Gasteiger partial charge in [0.2, 0.25) is 0 Å². The third-order valence-electron chi connectivity index (χ3n) is 3.56. The Labute approximate surface area is 152 Å². The number of rotatable bonds is 5. The van der Waals surface area contributed by atoms with Crippen LogP contribution in [0.4, 0.5) is 13.2 Å². The van der Waals surface area contributed by atoms with E-state index in [1.807, 2.05) is 0 Å². The molecule has 0 fully saturated rings. The van der Waals surface area contributed by atoms with Crippen molar-refractivity contribution < 1.29 is 35.9 Å². The van der Waals surface area contributed by atoms with E-state index in [4.69, 9.17) is 0 Å². The molecule has 0 unspecified atom stereocenters. The topological polar surface area (TPSA) is 89.5 Å². The van der Waals surface area contributed by atoms with Gasteiger partial charge in [-0.1, -0.05) is 12.1 Å². The van der Waals surface area contributed by atoms with Crippen LogP contribution in [0.3, 0.4) is 0 Å². The van der Waals surface area contributed by atoms with Gasteiger partial charge in [0, 0.05) is 12.1 Å². The number of alkyl halides is 3. The number of hydrogen-bond donors (Lipinski definition) is 1. The number of hydrogen-bond acceptors (Lipinski definition) is 5. The quantitative estimate of drug-likeness (QED) is 0.778. The molecule has 1 N–H and O–H groups in total. The molecule has 0 aromatic heterocycles. The van der Waals surface area contributed by atoms with Gasteiger partial charge in [0.05, 0.1) is 17.6 Å². The van der Waals surface area contributed by atoms with Crippen molar-refractivity contribution in [1.29, 1.82) is 0 Å². The van der Waals surface area contributed by atoms with Gasteiger partial charge in [-0.25, -0.2) is 13.2 Å². The third-order valence-corrected chi connectivity index (χ3v) is 5.06. The molecule has 0 saturated heterocycles. The Kier molecular flexibility index (Phi) is 5.89. The van der Waals surface area contributed by atoms with Gasteiger partial charge in [0.15, 0.2) is 0 Å². The number of nitrogens with one attached hydrogen (secondary N) is 1. The Balaban J connectivity index is 2.03. The predicted molar refractivity (Wildman–Crippen MR) is 88.6 cm³/mol. The molecule has 0 bridgehead atoms. The first-order valence-electron chi connectivity index (χ1n) is 7.43. The Morgan fingerprint density at radius 2 is 1.48 bits per heavy atom. The van der Waals surface area contributed by atoms with Gasteiger partial charge in [-0.2, -0.15) is 13.2 Å². The standard InChI is InChI=1S/C17H14F3NO5S/c1-26-16(23)13-4-2-11(3-5-13)10-21-15(22)12-6-8-14(9-7-12)27(24,25)17(18,19)20/h2-9H,10H2,1H3,(H,21,22). The fourth-order valence-electron chi connectivity index (χ4n) is 2.08. The zero-order valence-corrected chi connectivity index (χ0v) is 14.7. The van der Waals surface area contributed by atoms with Crippen LogP contribution in [0.2, 0.25) is 0 Å². The van der Waals surface area contributed by atoms with Gasteiger partial charge in [-0.15, -0.1) is 0 Å². The minimum absolute atomic E-state index is 0.00213. The van der Waals surface area contributed by atoms with Crippen LogP contribution < -0.4 is 5.32 Å². The molecule has 0 aliphatic carbocycles. The van der Waals surface area contributed by atoms with Gasteiger partial charge in [-0.05, 0) is 42.0 Å². The lowest BCUT2D eigenvalue weighted by molar-refractivity contribution is -0.0436. The average molecular weight is 401 g/mol. The summed E-state index contributed by atoms with van der Waals surface area (Å²) in [6.45, 7) is 0.100. The maximum atomic E-state index is 12.5. The summed E-state index contributed by atoms with van der Waals surface area (Å²) in [4.78, 5) is 22.4. The number of carbonyl (C=O) groups is 2. The summed E-state index contributed by atoms with van der Waals surface area (Å²) in [6.07, 6.45) is 0. The van der Waals surface area contributed by atoms with E-state index in [2.05, 4.69) is 10.1 Å². The molecule has 0 aliphatic rings. The lowest BCUT2D eigenvalue weighted by Crippen LogP contribution is -2.24. The molecule has 0 atom stereocenters. The van der Waals surface area contributed by atoms with E-state index in [0.717, 1.165) is 24.3 Å².